The van der Waals surface area contributed by atoms with Crippen molar-refractivity contribution in [2.24, 2.45) is 0 Å². The van der Waals surface area contributed by atoms with E-state index in [2.05, 4.69) is 79.5 Å². The van der Waals surface area contributed by atoms with Crippen LogP contribution in [0.5, 0.6) is 0 Å². The van der Waals surface area contributed by atoms with Crippen LogP contribution in [0, 0.1) is 0 Å². The van der Waals surface area contributed by atoms with Crippen LogP contribution in [-0.2, 0) is 6.16 Å². The summed E-state index contributed by atoms with van der Waals surface area (Å²) in [5, 5.41) is 1.21. The third-order valence-electron chi connectivity index (χ3n) is 4.07. The van der Waals surface area contributed by atoms with Crippen molar-refractivity contribution < 1.29 is 0 Å². The molecule has 0 spiro atoms. The number of aromatic nitrogens is 1. The summed E-state index contributed by atoms with van der Waals surface area (Å²) in [6, 6.07) is 25.7. The number of para-hydroxylation sites is 1. The maximum Gasteiger partial charge on any atom is 0.0815 e. The zero-order valence-electron chi connectivity index (χ0n) is 13.5. The van der Waals surface area contributed by atoms with E-state index in [0.29, 0.717) is 0 Å². The maximum atomic E-state index is 4.92. The summed E-state index contributed by atoms with van der Waals surface area (Å²) in [5.41, 5.74) is 4.62. The van der Waals surface area contributed by atoms with E-state index in [1.807, 2.05) is 11.3 Å². The van der Waals surface area contributed by atoms with E-state index >= 15 is 0 Å². The third-order valence-corrected chi connectivity index (χ3v) is 6.16. The van der Waals surface area contributed by atoms with Gasteiger partial charge in [0, 0.05) is 10.3 Å². The number of rotatable bonds is 4. The van der Waals surface area contributed by atoms with E-state index < -0.39 is 0 Å². The molecular weight excluding hydrogens is 329 g/mol. The minimum Gasteiger partial charge on any atom is -0.247 e. The van der Waals surface area contributed by atoms with Crippen LogP contribution in [0.1, 0.15) is 4.88 Å². The lowest BCUT2D eigenvalue weighted by atomic mass is 10.00. The number of hydrogen-bond acceptors (Lipinski definition) is 2. The molecule has 3 heteroatoms. The zero-order chi connectivity index (χ0) is 16.4. The van der Waals surface area contributed by atoms with Crippen LogP contribution >= 0.6 is 19.9 Å². The molecule has 24 heavy (non-hydrogen) atoms. The van der Waals surface area contributed by atoms with Crippen LogP contribution in [0.2, 0.25) is 0 Å². The Morgan fingerprint density at radius 3 is 2.54 bits per heavy atom. The van der Waals surface area contributed by atoms with E-state index in [4.69, 9.17) is 4.98 Å². The van der Waals surface area contributed by atoms with Crippen molar-refractivity contribution in [2.75, 3.05) is 6.66 Å². The lowest BCUT2D eigenvalue weighted by Crippen LogP contribution is -1.88. The summed E-state index contributed by atoms with van der Waals surface area (Å²) < 4.78 is 0. The predicted molar refractivity (Wildman–Crippen MR) is 108 cm³/mol. The molecule has 0 saturated heterocycles. The average Bonchev–Trinajstić information content (AvgIpc) is 3.10. The number of fused-ring (bicyclic) bond motifs is 1. The smallest absolute Gasteiger partial charge is 0.0815 e. The Morgan fingerprint density at radius 1 is 0.917 bits per heavy atom. The highest BCUT2D eigenvalue weighted by Gasteiger charge is 2.10. The number of benzene rings is 2. The molecule has 4 aromatic rings. The fraction of sp³-hybridized carbons (Fsp3) is 0.0952. The molecule has 2 aromatic heterocycles. The molecule has 1 atom stereocenters. The number of thiophene rings is 1. The van der Waals surface area contributed by atoms with Gasteiger partial charge in [-0.15, -0.1) is 19.9 Å². The van der Waals surface area contributed by atoms with E-state index in [0.717, 1.165) is 19.8 Å². The second-order valence-electron chi connectivity index (χ2n) is 5.73. The van der Waals surface area contributed by atoms with Gasteiger partial charge in [-0.05, 0) is 48.2 Å². The quantitative estimate of drug-likeness (QED) is 0.387. The minimum absolute atomic E-state index is 0.956. The molecule has 2 heterocycles. The second-order valence-corrected chi connectivity index (χ2v) is 7.96. The molecule has 0 saturated carbocycles. The summed E-state index contributed by atoms with van der Waals surface area (Å²) in [5.74, 6) is 0. The van der Waals surface area contributed by atoms with Crippen molar-refractivity contribution in [3.05, 3.63) is 77.7 Å². The molecule has 0 aliphatic rings. The topological polar surface area (TPSA) is 12.9 Å². The van der Waals surface area contributed by atoms with Crippen molar-refractivity contribution in [2.45, 2.75) is 6.16 Å². The summed E-state index contributed by atoms with van der Waals surface area (Å²) in [6.07, 6.45) is 1.17. The standard InChI is InChI=1S/C21H18NPS/c1-23-14-16-11-12-21(24-16)20-13-18(15-7-3-2-4-8-15)17-9-5-6-10-19(17)22-20/h2-13,23H,14H2,1H3. The van der Waals surface area contributed by atoms with Crippen LogP contribution in [0.3, 0.4) is 0 Å². The summed E-state index contributed by atoms with van der Waals surface area (Å²) >= 11 is 1.87. The largest absolute Gasteiger partial charge is 0.247 e. The van der Waals surface area contributed by atoms with E-state index in [-0.39, 0.29) is 0 Å². The molecule has 0 aliphatic carbocycles. The normalized spacial score (nSPS) is 11.5. The molecule has 1 nitrogen and oxygen atoms in total. The predicted octanol–water partition coefficient (Wildman–Crippen LogP) is 6.44. The molecule has 118 valence electrons. The number of pyridine rings is 1. The average molecular weight is 347 g/mol. The summed E-state index contributed by atoms with van der Waals surface area (Å²) in [7, 11) is 0.956. The first-order chi connectivity index (χ1) is 11.8. The fourth-order valence-electron chi connectivity index (χ4n) is 2.94. The van der Waals surface area contributed by atoms with E-state index in [1.54, 1.807) is 0 Å². The van der Waals surface area contributed by atoms with Gasteiger partial charge in [0.15, 0.2) is 0 Å². The monoisotopic (exact) mass is 347 g/mol. The SMILES string of the molecule is CPCc1ccc(-c2cc(-c3ccccc3)c3ccccc3n2)s1. The third kappa shape index (κ3) is 3.00. The Labute approximate surface area is 148 Å². The van der Waals surface area contributed by atoms with Crippen LogP contribution in [0.25, 0.3) is 32.6 Å². The molecule has 0 aliphatic heterocycles. The highest BCUT2D eigenvalue weighted by atomic mass is 32.1. The fourth-order valence-corrected chi connectivity index (χ4v) is 4.89. The Morgan fingerprint density at radius 2 is 1.71 bits per heavy atom. The summed E-state index contributed by atoms with van der Waals surface area (Å²) in [4.78, 5) is 7.62. The molecule has 0 bridgehead atoms. The van der Waals surface area contributed by atoms with Gasteiger partial charge in [-0.1, -0.05) is 48.5 Å². The van der Waals surface area contributed by atoms with Gasteiger partial charge in [-0.25, -0.2) is 4.98 Å². The Hall–Kier alpha value is -2.02. The Kier molecular flexibility index (Phi) is 4.42. The van der Waals surface area contributed by atoms with E-state index in [1.165, 1.54) is 32.4 Å². The molecular formula is C21H18NPS. The lowest BCUT2D eigenvalue weighted by molar-refractivity contribution is 1.42. The molecule has 4 rings (SSSR count). The van der Waals surface area contributed by atoms with Gasteiger partial charge >= 0.3 is 0 Å². The van der Waals surface area contributed by atoms with Gasteiger partial charge < -0.3 is 0 Å². The molecule has 1 unspecified atom stereocenters. The van der Waals surface area contributed by atoms with Crippen molar-refractivity contribution in [1.29, 1.82) is 0 Å². The first-order valence-electron chi connectivity index (χ1n) is 8.04. The van der Waals surface area contributed by atoms with Gasteiger partial charge in [0.1, 0.15) is 0 Å². The van der Waals surface area contributed by atoms with Crippen LogP contribution < -0.4 is 0 Å². The van der Waals surface area contributed by atoms with E-state index in [9.17, 15) is 0 Å². The Bertz CT molecular complexity index is 975. The number of nitrogens with zero attached hydrogens (tertiary/aromatic N) is 1. The zero-order valence-corrected chi connectivity index (χ0v) is 15.3. The van der Waals surface area contributed by atoms with Gasteiger partial charge in [0.25, 0.3) is 0 Å². The first-order valence-corrected chi connectivity index (χ1v) is 10.6. The molecule has 0 N–H and O–H groups in total. The van der Waals surface area contributed by atoms with Crippen LogP contribution in [-0.4, -0.2) is 11.6 Å². The van der Waals surface area contributed by atoms with Crippen molar-refractivity contribution in [3.63, 3.8) is 0 Å². The highest BCUT2D eigenvalue weighted by molar-refractivity contribution is 7.36. The number of hydrogen-bond donors (Lipinski definition) is 0. The van der Waals surface area contributed by atoms with Gasteiger partial charge in [-0.2, -0.15) is 0 Å². The first kappa shape index (κ1) is 15.5. The van der Waals surface area contributed by atoms with Crippen molar-refractivity contribution >= 4 is 30.8 Å². The molecule has 0 amide bonds. The highest BCUT2D eigenvalue weighted by Crippen LogP contribution is 2.35. The van der Waals surface area contributed by atoms with Crippen molar-refractivity contribution in [1.82, 2.24) is 4.98 Å². The van der Waals surface area contributed by atoms with Crippen LogP contribution in [0.15, 0.2) is 72.8 Å². The summed E-state index contributed by atoms with van der Waals surface area (Å²) in [6.45, 7) is 2.25. The van der Waals surface area contributed by atoms with Gasteiger partial charge in [0.05, 0.1) is 16.1 Å². The Balaban J connectivity index is 1.91. The molecule has 0 fully saturated rings. The lowest BCUT2D eigenvalue weighted by Gasteiger charge is -2.09. The second kappa shape index (κ2) is 6.84. The maximum absolute atomic E-state index is 4.92. The van der Waals surface area contributed by atoms with Crippen molar-refractivity contribution in [3.8, 4) is 21.7 Å². The van der Waals surface area contributed by atoms with Crippen LogP contribution in [0.4, 0.5) is 0 Å². The minimum atomic E-state index is 0.956. The van der Waals surface area contributed by atoms with Gasteiger partial charge in [-0.3, -0.25) is 0 Å². The molecule has 0 radical (unpaired) electrons. The molecule has 2 aromatic carbocycles. The van der Waals surface area contributed by atoms with Gasteiger partial charge in [0.2, 0.25) is 0 Å².